The molecule has 1 aliphatic rings. The second-order valence-corrected chi connectivity index (χ2v) is 4.63. The van der Waals surface area contributed by atoms with Gasteiger partial charge < -0.3 is 11.1 Å². The molecule has 0 unspecified atom stereocenters. The molecule has 0 aromatic heterocycles. The van der Waals surface area contributed by atoms with Crippen LogP contribution in [-0.4, -0.2) is 22.5 Å². The Morgan fingerprint density at radius 2 is 1.83 bits per heavy atom. The van der Waals surface area contributed by atoms with Crippen LogP contribution in [0.3, 0.4) is 0 Å². The summed E-state index contributed by atoms with van der Waals surface area (Å²) >= 11 is 4.99. The van der Waals surface area contributed by atoms with Crippen LogP contribution in [0.15, 0.2) is 30.3 Å². The van der Waals surface area contributed by atoms with Crippen LogP contribution in [0.4, 0.5) is 0 Å². The number of carbonyl (C=O) groups excluding carboxylic acids is 2. The molecular weight excluding hydrogens is 250 g/mol. The van der Waals surface area contributed by atoms with Crippen molar-refractivity contribution >= 4 is 29.1 Å². The van der Waals surface area contributed by atoms with Gasteiger partial charge >= 0.3 is 0 Å². The largest absolute Gasteiger partial charge is 0.368 e. The second kappa shape index (κ2) is 4.73. The predicted molar refractivity (Wildman–Crippen MR) is 70.8 cm³/mol. The molecule has 5 nitrogen and oxygen atoms in total. The van der Waals surface area contributed by atoms with E-state index in [4.69, 9.17) is 18.0 Å². The molecule has 1 aliphatic carbocycles. The number of thiocarbonyl (C=S) groups is 1. The summed E-state index contributed by atoms with van der Waals surface area (Å²) in [6.45, 7) is 0. The van der Waals surface area contributed by atoms with Crippen LogP contribution in [-0.2, 0) is 4.79 Å². The molecule has 18 heavy (non-hydrogen) atoms. The lowest BCUT2D eigenvalue weighted by Crippen LogP contribution is -2.51. The maximum atomic E-state index is 11.8. The van der Waals surface area contributed by atoms with Crippen LogP contribution < -0.4 is 16.4 Å². The molecule has 0 saturated heterocycles. The first-order chi connectivity index (χ1) is 8.53. The minimum absolute atomic E-state index is 0.125. The zero-order valence-electron chi connectivity index (χ0n) is 9.60. The number of carbonyl (C=O) groups is 2. The van der Waals surface area contributed by atoms with Crippen molar-refractivity contribution in [2.75, 3.05) is 0 Å². The molecule has 1 fully saturated rings. The highest BCUT2D eigenvalue weighted by atomic mass is 32.1. The molecule has 94 valence electrons. The Bertz CT molecular complexity index is 497. The van der Waals surface area contributed by atoms with Gasteiger partial charge in [-0.2, -0.15) is 0 Å². The fraction of sp³-hybridized carbons (Fsp3) is 0.250. The van der Waals surface area contributed by atoms with Gasteiger partial charge in [0, 0.05) is 5.56 Å². The summed E-state index contributed by atoms with van der Waals surface area (Å²) in [7, 11) is 0. The number of hydrogen-bond donors (Lipinski definition) is 3. The number of benzene rings is 1. The van der Waals surface area contributed by atoms with Crippen LogP contribution in [0.5, 0.6) is 0 Å². The summed E-state index contributed by atoms with van der Waals surface area (Å²) in [5.41, 5.74) is 4.99. The predicted octanol–water partition coefficient (Wildman–Crippen LogP) is 0.309. The van der Waals surface area contributed by atoms with Crippen molar-refractivity contribution in [3.8, 4) is 0 Å². The highest BCUT2D eigenvalue weighted by Crippen LogP contribution is 2.34. The van der Waals surface area contributed by atoms with Gasteiger partial charge in [-0.1, -0.05) is 18.2 Å². The van der Waals surface area contributed by atoms with E-state index in [1.807, 2.05) is 6.07 Å². The first kappa shape index (κ1) is 12.5. The van der Waals surface area contributed by atoms with E-state index in [-0.39, 0.29) is 11.0 Å². The average Bonchev–Trinajstić information content (AvgIpc) is 3.11. The van der Waals surface area contributed by atoms with Crippen LogP contribution in [0, 0.1) is 0 Å². The zero-order valence-corrected chi connectivity index (χ0v) is 10.4. The Balaban J connectivity index is 1.93. The summed E-state index contributed by atoms with van der Waals surface area (Å²) in [6, 6.07) is 8.70. The van der Waals surface area contributed by atoms with Crippen LogP contribution in [0.2, 0.25) is 0 Å². The number of nitrogens with two attached hydrogens (primary N) is 1. The molecular formula is C12H13N3O2S. The monoisotopic (exact) mass is 263 g/mol. The normalized spacial score (nSPS) is 15.6. The second-order valence-electron chi connectivity index (χ2n) is 4.22. The van der Waals surface area contributed by atoms with E-state index >= 15 is 0 Å². The van der Waals surface area contributed by atoms with E-state index in [0.29, 0.717) is 18.4 Å². The van der Waals surface area contributed by atoms with Crippen molar-refractivity contribution < 1.29 is 9.59 Å². The summed E-state index contributed by atoms with van der Waals surface area (Å²) in [4.78, 5) is 22.9. The number of primary amides is 1. The Morgan fingerprint density at radius 3 is 2.33 bits per heavy atom. The minimum atomic E-state index is -0.763. The topological polar surface area (TPSA) is 84.2 Å². The van der Waals surface area contributed by atoms with Gasteiger partial charge in [-0.3, -0.25) is 14.9 Å². The van der Waals surface area contributed by atoms with Gasteiger partial charge in [0.25, 0.3) is 5.91 Å². The van der Waals surface area contributed by atoms with Crippen molar-refractivity contribution in [2.24, 2.45) is 5.73 Å². The van der Waals surface area contributed by atoms with Crippen LogP contribution >= 0.6 is 12.2 Å². The van der Waals surface area contributed by atoms with Gasteiger partial charge in [0.1, 0.15) is 5.54 Å². The highest BCUT2D eigenvalue weighted by molar-refractivity contribution is 7.80. The number of nitrogens with one attached hydrogen (secondary N) is 2. The van der Waals surface area contributed by atoms with Crippen molar-refractivity contribution in [3.05, 3.63) is 35.9 Å². The third-order valence-corrected chi connectivity index (χ3v) is 3.04. The van der Waals surface area contributed by atoms with Crippen LogP contribution in [0.1, 0.15) is 23.2 Å². The molecule has 0 radical (unpaired) electrons. The van der Waals surface area contributed by atoms with Gasteiger partial charge in [-0.05, 0) is 37.2 Å². The minimum Gasteiger partial charge on any atom is -0.368 e. The van der Waals surface area contributed by atoms with Gasteiger partial charge in [0.15, 0.2) is 5.11 Å². The van der Waals surface area contributed by atoms with Gasteiger partial charge in [-0.15, -0.1) is 0 Å². The summed E-state index contributed by atoms with van der Waals surface area (Å²) in [5, 5.41) is 5.44. The van der Waals surface area contributed by atoms with E-state index < -0.39 is 11.4 Å². The van der Waals surface area contributed by atoms with E-state index in [2.05, 4.69) is 10.6 Å². The molecule has 6 heteroatoms. The fourth-order valence-electron chi connectivity index (χ4n) is 1.57. The molecule has 0 spiro atoms. The quantitative estimate of drug-likeness (QED) is 0.685. The first-order valence-electron chi connectivity index (χ1n) is 5.52. The smallest absolute Gasteiger partial charge is 0.257 e. The average molecular weight is 263 g/mol. The lowest BCUT2D eigenvalue weighted by Gasteiger charge is -2.16. The Kier molecular flexibility index (Phi) is 3.29. The summed E-state index contributed by atoms with van der Waals surface area (Å²) < 4.78 is 0. The lowest BCUT2D eigenvalue weighted by molar-refractivity contribution is -0.120. The summed E-state index contributed by atoms with van der Waals surface area (Å²) in [6.07, 6.45) is 1.29. The van der Waals surface area contributed by atoms with Crippen molar-refractivity contribution in [1.29, 1.82) is 0 Å². The molecule has 0 atom stereocenters. The molecule has 0 bridgehead atoms. The number of hydrogen-bond acceptors (Lipinski definition) is 3. The molecule has 2 rings (SSSR count). The lowest BCUT2D eigenvalue weighted by atomic mass is 10.2. The Labute approximate surface area is 110 Å². The molecule has 1 aromatic carbocycles. The first-order valence-corrected chi connectivity index (χ1v) is 5.93. The fourth-order valence-corrected chi connectivity index (χ4v) is 1.86. The maximum absolute atomic E-state index is 11.8. The van der Waals surface area contributed by atoms with E-state index in [0.717, 1.165) is 0 Å². The Hall–Kier alpha value is -1.95. The zero-order chi connectivity index (χ0) is 13.2. The van der Waals surface area contributed by atoms with Crippen LogP contribution in [0.25, 0.3) is 0 Å². The third kappa shape index (κ3) is 2.65. The van der Waals surface area contributed by atoms with Gasteiger partial charge in [0.05, 0.1) is 0 Å². The Morgan fingerprint density at radius 1 is 1.22 bits per heavy atom. The molecule has 0 heterocycles. The van der Waals surface area contributed by atoms with E-state index in [1.54, 1.807) is 24.3 Å². The number of rotatable bonds is 3. The van der Waals surface area contributed by atoms with E-state index in [1.165, 1.54) is 0 Å². The molecule has 0 aliphatic heterocycles. The van der Waals surface area contributed by atoms with Crippen molar-refractivity contribution in [2.45, 2.75) is 18.4 Å². The van der Waals surface area contributed by atoms with Gasteiger partial charge in [-0.25, -0.2) is 0 Å². The van der Waals surface area contributed by atoms with E-state index in [9.17, 15) is 9.59 Å². The molecule has 4 N–H and O–H groups in total. The standard InChI is InChI=1S/C12H13N3O2S/c13-10(17)12(6-7-12)15-11(18)14-9(16)8-4-2-1-3-5-8/h1-5H,6-7H2,(H2,13,17)(H2,14,15,16,18). The SMILES string of the molecule is NC(=O)C1(NC(=S)NC(=O)c2ccccc2)CC1. The van der Waals surface area contributed by atoms with Crippen molar-refractivity contribution in [3.63, 3.8) is 0 Å². The van der Waals surface area contributed by atoms with Crippen molar-refractivity contribution in [1.82, 2.24) is 10.6 Å². The summed E-state index contributed by atoms with van der Waals surface area (Å²) in [5.74, 6) is -0.757. The molecule has 2 amide bonds. The highest BCUT2D eigenvalue weighted by Gasteiger charge is 2.49. The van der Waals surface area contributed by atoms with Gasteiger partial charge in [0.2, 0.25) is 5.91 Å². The maximum Gasteiger partial charge on any atom is 0.257 e. The molecule has 1 saturated carbocycles. The molecule has 1 aromatic rings. The third-order valence-electron chi connectivity index (χ3n) is 2.84. The number of amides is 2.